The average molecular weight is 376 g/mol. The molecule has 0 aliphatic rings. The van der Waals surface area contributed by atoms with E-state index < -0.39 is 11.0 Å². The summed E-state index contributed by atoms with van der Waals surface area (Å²) in [5.74, 6) is 0. The molecule has 0 aromatic heterocycles. The fraction of sp³-hybridized carbons (Fsp3) is 0.0667. The van der Waals surface area contributed by atoms with Gasteiger partial charge in [0, 0.05) is 0 Å². The number of nitrogens with one attached hydrogen (secondary N) is 1. The first-order valence-electron chi connectivity index (χ1n) is 6.41. The van der Waals surface area contributed by atoms with Crippen LogP contribution in [0.5, 0.6) is 0 Å². The molecule has 1 N–H and O–H groups in total. The van der Waals surface area contributed by atoms with E-state index in [0.29, 0.717) is 11.3 Å². The van der Waals surface area contributed by atoms with Crippen molar-refractivity contribution in [3.05, 3.63) is 64.2 Å². The molecule has 0 bridgehead atoms. The first kappa shape index (κ1) is 16.5. The SMILES string of the molecule is N#C[Se]c1ccc(NC(=O)OCc2ccc([N+](=O)[O-])cc2)cc1. The summed E-state index contributed by atoms with van der Waals surface area (Å²) in [4.78, 5) is 23.8. The average Bonchev–Trinajstić information content (AvgIpc) is 2.55. The van der Waals surface area contributed by atoms with Gasteiger partial charge in [-0.2, -0.15) is 0 Å². The Morgan fingerprint density at radius 3 is 2.43 bits per heavy atom. The number of non-ortho nitro benzene ring substituents is 1. The van der Waals surface area contributed by atoms with Gasteiger partial charge in [-0.05, 0) is 0 Å². The number of nitro benzene ring substituents is 1. The second kappa shape index (κ2) is 7.94. The number of nitro groups is 1. The van der Waals surface area contributed by atoms with Gasteiger partial charge < -0.3 is 0 Å². The zero-order chi connectivity index (χ0) is 16.7. The molecule has 2 rings (SSSR count). The van der Waals surface area contributed by atoms with Crippen molar-refractivity contribution >= 4 is 36.9 Å². The van der Waals surface area contributed by atoms with Gasteiger partial charge in [0.1, 0.15) is 0 Å². The Morgan fingerprint density at radius 2 is 1.87 bits per heavy atom. The van der Waals surface area contributed by atoms with Crippen molar-refractivity contribution in [3.8, 4) is 4.97 Å². The summed E-state index contributed by atoms with van der Waals surface area (Å²) in [7, 11) is 0. The summed E-state index contributed by atoms with van der Waals surface area (Å²) in [5.41, 5.74) is 1.20. The minimum atomic E-state index is -0.623. The van der Waals surface area contributed by atoms with Crippen LogP contribution < -0.4 is 9.78 Å². The number of anilines is 1. The maximum atomic E-state index is 11.7. The van der Waals surface area contributed by atoms with Crippen LogP contribution in [0.25, 0.3) is 0 Å². The number of carbonyl (C=O) groups is 1. The van der Waals surface area contributed by atoms with Gasteiger partial charge in [0.2, 0.25) is 0 Å². The zero-order valence-electron chi connectivity index (χ0n) is 11.8. The second-order valence-electron chi connectivity index (χ2n) is 4.34. The molecule has 0 aliphatic carbocycles. The van der Waals surface area contributed by atoms with Crippen molar-refractivity contribution < 1.29 is 14.5 Å². The van der Waals surface area contributed by atoms with Crippen LogP contribution in [-0.4, -0.2) is 26.0 Å². The first-order valence-corrected chi connectivity index (χ1v) is 8.13. The number of rotatable bonds is 5. The minimum absolute atomic E-state index is 0.0133. The van der Waals surface area contributed by atoms with E-state index in [1.165, 1.54) is 24.3 Å². The molecule has 2 aromatic rings. The number of hydrogen-bond donors (Lipinski definition) is 1. The molecule has 0 saturated carbocycles. The number of amides is 1. The molecule has 7 nitrogen and oxygen atoms in total. The van der Waals surface area contributed by atoms with Gasteiger partial charge in [0.25, 0.3) is 0 Å². The molecule has 1 amide bonds. The molecule has 0 atom stereocenters. The van der Waals surface area contributed by atoms with Crippen molar-refractivity contribution in [1.82, 2.24) is 0 Å². The summed E-state index contributed by atoms with van der Waals surface area (Å²) in [6.07, 6.45) is -0.623. The van der Waals surface area contributed by atoms with Crippen molar-refractivity contribution in [2.75, 3.05) is 5.32 Å². The van der Waals surface area contributed by atoms with Gasteiger partial charge >= 0.3 is 123 Å². The van der Waals surface area contributed by atoms with Crippen LogP contribution in [0.4, 0.5) is 16.2 Å². The summed E-state index contributed by atoms with van der Waals surface area (Å²) in [6.45, 7) is 0.0133. The van der Waals surface area contributed by atoms with E-state index in [1.807, 2.05) is 0 Å². The zero-order valence-corrected chi connectivity index (χ0v) is 13.5. The number of carbonyl (C=O) groups excluding carboxylic acids is 1. The molecule has 0 radical (unpaired) electrons. The van der Waals surface area contributed by atoms with Crippen molar-refractivity contribution in [1.29, 1.82) is 5.26 Å². The van der Waals surface area contributed by atoms with E-state index in [0.717, 1.165) is 4.46 Å². The number of ether oxygens (including phenoxy) is 1. The molecule has 8 heteroatoms. The van der Waals surface area contributed by atoms with Gasteiger partial charge in [-0.15, -0.1) is 0 Å². The Labute approximate surface area is 138 Å². The molecule has 2 aromatic carbocycles. The Bertz CT molecular complexity index is 739. The normalized spacial score (nSPS) is 9.70. The van der Waals surface area contributed by atoms with Gasteiger partial charge in [0.05, 0.1) is 4.92 Å². The van der Waals surface area contributed by atoms with Gasteiger partial charge in [0.15, 0.2) is 0 Å². The number of hydrogen-bond acceptors (Lipinski definition) is 5. The van der Waals surface area contributed by atoms with E-state index in [1.54, 1.807) is 24.3 Å². The molecule has 23 heavy (non-hydrogen) atoms. The fourth-order valence-electron chi connectivity index (χ4n) is 1.68. The van der Waals surface area contributed by atoms with Crippen LogP contribution >= 0.6 is 0 Å². The Kier molecular flexibility index (Phi) is 5.69. The molecular weight excluding hydrogens is 365 g/mol. The van der Waals surface area contributed by atoms with Crippen LogP contribution in [0, 0.1) is 20.3 Å². The topological polar surface area (TPSA) is 105 Å². The van der Waals surface area contributed by atoms with Crippen molar-refractivity contribution in [2.45, 2.75) is 6.61 Å². The standard InChI is InChI=1S/C15H11N3O4Se/c16-10-23-14-7-3-12(4-8-14)17-15(19)22-9-11-1-5-13(6-2-11)18(20)21/h1-8H,9H2,(H,17,19). The quantitative estimate of drug-likeness (QED) is 0.489. The van der Waals surface area contributed by atoms with Crippen LogP contribution in [-0.2, 0) is 11.3 Å². The van der Waals surface area contributed by atoms with Crippen molar-refractivity contribution in [3.63, 3.8) is 0 Å². The molecular formula is C15H11N3O4Se. The molecule has 0 spiro atoms. The third-order valence-corrected chi connectivity index (χ3v) is 4.04. The monoisotopic (exact) mass is 377 g/mol. The van der Waals surface area contributed by atoms with Crippen LogP contribution in [0.3, 0.4) is 0 Å². The van der Waals surface area contributed by atoms with E-state index in [2.05, 4.69) is 10.3 Å². The van der Waals surface area contributed by atoms with Gasteiger partial charge in [-0.1, -0.05) is 0 Å². The summed E-state index contributed by atoms with van der Waals surface area (Å²) in [6, 6.07) is 12.7. The van der Waals surface area contributed by atoms with Gasteiger partial charge in [-0.3, -0.25) is 10.1 Å². The van der Waals surface area contributed by atoms with Crippen molar-refractivity contribution in [2.24, 2.45) is 0 Å². The van der Waals surface area contributed by atoms with E-state index in [4.69, 9.17) is 10.00 Å². The van der Waals surface area contributed by atoms with Gasteiger partial charge in [-0.25, -0.2) is 0 Å². The maximum absolute atomic E-state index is 11.7. The summed E-state index contributed by atoms with van der Waals surface area (Å²) >= 11 is -0.227. The molecule has 116 valence electrons. The van der Waals surface area contributed by atoms with Crippen LogP contribution in [0.1, 0.15) is 5.56 Å². The third kappa shape index (κ3) is 5.11. The number of nitriles is 1. The summed E-state index contributed by atoms with van der Waals surface area (Å²) < 4.78 is 5.96. The predicted molar refractivity (Wildman–Crippen MR) is 84.3 cm³/mol. The van der Waals surface area contributed by atoms with Crippen LogP contribution in [0.2, 0.25) is 0 Å². The molecule has 0 fully saturated rings. The van der Waals surface area contributed by atoms with E-state index >= 15 is 0 Å². The predicted octanol–water partition coefficient (Wildman–Crippen LogP) is 2.15. The Hall–Kier alpha value is -2.88. The molecule has 0 heterocycles. The Balaban J connectivity index is 1.85. The second-order valence-corrected chi connectivity index (χ2v) is 6.14. The summed E-state index contributed by atoms with van der Waals surface area (Å²) in [5, 5.41) is 21.7. The fourth-order valence-corrected chi connectivity index (χ4v) is 2.47. The number of benzene rings is 2. The molecule has 0 unspecified atom stereocenters. The Morgan fingerprint density at radius 1 is 1.22 bits per heavy atom. The number of nitrogens with zero attached hydrogens (tertiary/aromatic N) is 2. The third-order valence-electron chi connectivity index (χ3n) is 2.78. The van der Waals surface area contributed by atoms with E-state index in [9.17, 15) is 14.9 Å². The van der Waals surface area contributed by atoms with E-state index in [-0.39, 0.29) is 27.3 Å². The molecule has 0 saturated heterocycles. The first-order chi connectivity index (χ1) is 11.1. The van der Waals surface area contributed by atoms with Crippen LogP contribution in [0.15, 0.2) is 48.5 Å². The molecule has 0 aliphatic heterocycles.